The lowest BCUT2D eigenvalue weighted by molar-refractivity contribution is -0.108. The Morgan fingerprint density at radius 1 is 1.24 bits per heavy atom. The van der Waals surface area contributed by atoms with Gasteiger partial charge in [-0.2, -0.15) is 11.8 Å². The van der Waals surface area contributed by atoms with Crippen LogP contribution >= 0.6 is 11.8 Å². The van der Waals surface area contributed by atoms with Crippen molar-refractivity contribution in [2.75, 3.05) is 38.2 Å². The van der Waals surface area contributed by atoms with Crippen LogP contribution in [-0.2, 0) is 4.74 Å². The maximum absolute atomic E-state index is 6.23. The average Bonchev–Trinajstić information content (AvgIpc) is 2.54. The van der Waals surface area contributed by atoms with Crippen molar-refractivity contribution in [3.8, 4) is 0 Å². The topological polar surface area (TPSA) is 24.5 Å². The molecule has 0 aliphatic carbocycles. The number of nitrogens with one attached hydrogen (secondary N) is 1. The third-order valence-corrected chi connectivity index (χ3v) is 6.72. The zero-order valence-corrected chi connectivity index (χ0v) is 14.4. The fourth-order valence-corrected chi connectivity index (χ4v) is 5.42. The van der Waals surface area contributed by atoms with Crippen LogP contribution in [0.15, 0.2) is 0 Å². The van der Waals surface area contributed by atoms with E-state index in [1.54, 1.807) is 0 Å². The van der Waals surface area contributed by atoms with Crippen LogP contribution < -0.4 is 5.32 Å². The van der Waals surface area contributed by atoms with E-state index in [1.807, 2.05) is 0 Å². The fourth-order valence-electron chi connectivity index (χ4n) is 4.18. The predicted molar refractivity (Wildman–Crippen MR) is 91.2 cm³/mol. The highest BCUT2D eigenvalue weighted by Crippen LogP contribution is 2.38. The first-order valence-corrected chi connectivity index (χ1v) is 10.1. The normalized spacial score (nSPS) is 33.4. The minimum absolute atomic E-state index is 0.228. The van der Waals surface area contributed by atoms with Crippen molar-refractivity contribution >= 4 is 11.8 Å². The lowest BCUT2D eigenvalue weighted by Crippen LogP contribution is -2.50. The van der Waals surface area contributed by atoms with Gasteiger partial charge in [0.15, 0.2) is 0 Å². The molecular weight excluding hydrogens is 280 g/mol. The van der Waals surface area contributed by atoms with Crippen LogP contribution in [0.1, 0.15) is 51.4 Å². The molecule has 1 N–H and O–H groups in total. The van der Waals surface area contributed by atoms with E-state index in [1.165, 1.54) is 76.0 Å². The second kappa shape index (κ2) is 7.67. The summed E-state index contributed by atoms with van der Waals surface area (Å²) < 4.78 is 6.23. The van der Waals surface area contributed by atoms with Gasteiger partial charge in [0.1, 0.15) is 0 Å². The lowest BCUT2D eigenvalue weighted by atomic mass is 9.85. The monoisotopic (exact) mass is 312 g/mol. The van der Waals surface area contributed by atoms with Gasteiger partial charge in [-0.05, 0) is 76.6 Å². The van der Waals surface area contributed by atoms with E-state index in [4.69, 9.17) is 4.74 Å². The smallest absolute Gasteiger partial charge is 0.0713 e. The average molecular weight is 313 g/mol. The van der Waals surface area contributed by atoms with Crippen molar-refractivity contribution in [3.63, 3.8) is 0 Å². The molecule has 21 heavy (non-hydrogen) atoms. The maximum Gasteiger partial charge on any atom is 0.0713 e. The molecule has 3 aliphatic heterocycles. The molecule has 0 saturated carbocycles. The molecule has 3 fully saturated rings. The molecule has 3 saturated heterocycles. The van der Waals surface area contributed by atoms with Gasteiger partial charge in [0, 0.05) is 18.7 Å². The first kappa shape index (κ1) is 16.1. The molecule has 2 unspecified atom stereocenters. The van der Waals surface area contributed by atoms with Gasteiger partial charge in [-0.3, -0.25) is 0 Å². The first-order valence-electron chi connectivity index (χ1n) is 8.93. The molecule has 0 aromatic carbocycles. The van der Waals surface area contributed by atoms with Crippen LogP contribution in [0, 0.1) is 0 Å². The van der Waals surface area contributed by atoms with Gasteiger partial charge in [-0.25, -0.2) is 0 Å². The molecule has 3 heterocycles. The van der Waals surface area contributed by atoms with Gasteiger partial charge in [0.05, 0.1) is 5.60 Å². The molecule has 4 heteroatoms. The van der Waals surface area contributed by atoms with Gasteiger partial charge in [0.25, 0.3) is 0 Å². The van der Waals surface area contributed by atoms with Crippen LogP contribution in [-0.4, -0.2) is 60.8 Å². The van der Waals surface area contributed by atoms with E-state index in [9.17, 15) is 0 Å². The largest absolute Gasteiger partial charge is 0.375 e. The van der Waals surface area contributed by atoms with Crippen molar-refractivity contribution in [2.45, 2.75) is 69.1 Å². The molecule has 122 valence electrons. The molecule has 3 rings (SSSR count). The Balaban J connectivity index is 1.46. The van der Waals surface area contributed by atoms with Crippen LogP contribution in [0.2, 0.25) is 0 Å². The summed E-state index contributed by atoms with van der Waals surface area (Å²) in [5.74, 6) is 2.59. The third-order valence-electron chi connectivity index (χ3n) is 5.74. The first-order chi connectivity index (χ1) is 10.3. The molecule has 0 bridgehead atoms. The minimum Gasteiger partial charge on any atom is -0.375 e. The number of hydrogen-bond acceptors (Lipinski definition) is 4. The van der Waals surface area contributed by atoms with Crippen molar-refractivity contribution in [3.05, 3.63) is 0 Å². The minimum atomic E-state index is 0.228. The summed E-state index contributed by atoms with van der Waals surface area (Å²) in [7, 11) is 2.34. The van der Waals surface area contributed by atoms with Crippen LogP contribution in [0.3, 0.4) is 0 Å². The number of nitrogens with zero attached hydrogens (tertiary/aromatic N) is 1. The van der Waals surface area contributed by atoms with E-state index in [0.717, 1.165) is 18.7 Å². The van der Waals surface area contributed by atoms with Crippen molar-refractivity contribution in [1.29, 1.82) is 0 Å². The molecule has 3 aliphatic rings. The number of hydrogen-bond donors (Lipinski definition) is 1. The van der Waals surface area contributed by atoms with Crippen molar-refractivity contribution in [2.24, 2.45) is 0 Å². The standard InChI is InChI=1S/C17H32N2OS/c1-19(10-5-15-4-2-3-9-18-15)16-6-11-20-17(14-16)7-12-21-13-8-17/h15-16,18H,2-14H2,1H3. The Bertz CT molecular complexity index is 308. The highest BCUT2D eigenvalue weighted by Gasteiger charge is 2.39. The van der Waals surface area contributed by atoms with Crippen LogP contribution in [0.5, 0.6) is 0 Å². The van der Waals surface area contributed by atoms with E-state index in [0.29, 0.717) is 0 Å². The Kier molecular flexibility index (Phi) is 5.88. The summed E-state index contributed by atoms with van der Waals surface area (Å²) in [5, 5.41) is 3.68. The molecule has 0 amide bonds. The molecule has 0 aromatic heterocycles. The number of rotatable bonds is 4. The summed E-state index contributed by atoms with van der Waals surface area (Å²) in [6.07, 6.45) is 10.5. The van der Waals surface area contributed by atoms with Crippen molar-refractivity contribution in [1.82, 2.24) is 10.2 Å². The summed E-state index contributed by atoms with van der Waals surface area (Å²) in [6.45, 7) is 3.45. The molecule has 0 aromatic rings. The predicted octanol–water partition coefficient (Wildman–Crippen LogP) is 2.90. The highest BCUT2D eigenvalue weighted by atomic mass is 32.2. The van der Waals surface area contributed by atoms with Gasteiger partial charge in [-0.15, -0.1) is 0 Å². The summed E-state index contributed by atoms with van der Waals surface area (Å²) >= 11 is 2.10. The Morgan fingerprint density at radius 3 is 2.86 bits per heavy atom. The lowest BCUT2D eigenvalue weighted by Gasteiger charge is -2.46. The van der Waals surface area contributed by atoms with Crippen LogP contribution in [0.4, 0.5) is 0 Å². The van der Waals surface area contributed by atoms with Gasteiger partial charge in [-0.1, -0.05) is 6.42 Å². The van der Waals surface area contributed by atoms with E-state index in [-0.39, 0.29) is 5.60 Å². The highest BCUT2D eigenvalue weighted by molar-refractivity contribution is 7.99. The zero-order chi connectivity index (χ0) is 14.5. The molecule has 1 spiro atoms. The third kappa shape index (κ3) is 4.37. The van der Waals surface area contributed by atoms with Gasteiger partial charge in [0.2, 0.25) is 0 Å². The van der Waals surface area contributed by atoms with Gasteiger partial charge < -0.3 is 15.0 Å². The zero-order valence-electron chi connectivity index (χ0n) is 13.6. The Labute approximate surface area is 134 Å². The number of thioether (sulfide) groups is 1. The quantitative estimate of drug-likeness (QED) is 0.863. The SMILES string of the molecule is CN(CCC1CCCCN1)C1CCOC2(CCSCC2)C1. The number of piperidine rings is 1. The van der Waals surface area contributed by atoms with E-state index in [2.05, 4.69) is 29.0 Å². The Morgan fingerprint density at radius 2 is 2.10 bits per heavy atom. The summed E-state index contributed by atoms with van der Waals surface area (Å²) in [4.78, 5) is 2.63. The fraction of sp³-hybridized carbons (Fsp3) is 1.00. The molecule has 0 radical (unpaired) electrons. The van der Waals surface area contributed by atoms with Gasteiger partial charge >= 0.3 is 0 Å². The van der Waals surface area contributed by atoms with E-state index < -0.39 is 0 Å². The second-order valence-corrected chi connectivity index (χ2v) is 8.43. The molecule has 2 atom stereocenters. The number of ether oxygens (including phenoxy) is 1. The Hall–Kier alpha value is 0.230. The van der Waals surface area contributed by atoms with Crippen molar-refractivity contribution < 1.29 is 4.74 Å². The van der Waals surface area contributed by atoms with Crippen LogP contribution in [0.25, 0.3) is 0 Å². The molecular formula is C17H32N2OS. The van der Waals surface area contributed by atoms with E-state index >= 15 is 0 Å². The summed E-state index contributed by atoms with van der Waals surface area (Å²) in [6, 6.07) is 1.51. The second-order valence-electron chi connectivity index (χ2n) is 7.21. The molecule has 3 nitrogen and oxygen atoms in total. The maximum atomic E-state index is 6.23. The summed E-state index contributed by atoms with van der Waals surface area (Å²) in [5.41, 5.74) is 0.228.